The van der Waals surface area contributed by atoms with Gasteiger partial charge in [-0.1, -0.05) is 53.7 Å². The van der Waals surface area contributed by atoms with Gasteiger partial charge in [0, 0.05) is 10.7 Å². The summed E-state index contributed by atoms with van der Waals surface area (Å²) < 4.78 is 5.23. The van der Waals surface area contributed by atoms with Crippen molar-refractivity contribution in [2.24, 2.45) is 0 Å². The first-order chi connectivity index (χ1) is 15.6. The van der Waals surface area contributed by atoms with Gasteiger partial charge < -0.3 is 9.73 Å². The number of thioether (sulfide) groups is 1. The number of amides is 2. The minimum Gasteiger partial charge on any atom is -0.467 e. The van der Waals surface area contributed by atoms with Crippen molar-refractivity contribution in [2.45, 2.75) is 18.2 Å². The zero-order valence-corrected chi connectivity index (χ0v) is 18.4. The Hall–Kier alpha value is -3.47. The lowest BCUT2D eigenvalue weighted by molar-refractivity contribution is -0.117. The monoisotopic (exact) mass is 463 g/mol. The lowest BCUT2D eigenvalue weighted by Crippen LogP contribution is -2.32. The van der Waals surface area contributed by atoms with Crippen LogP contribution in [0.25, 0.3) is 0 Å². The number of rotatable bonds is 6. The molecule has 3 aromatic rings. The van der Waals surface area contributed by atoms with Gasteiger partial charge in [-0.25, -0.2) is 0 Å². The Morgan fingerprint density at radius 3 is 2.53 bits per heavy atom. The van der Waals surface area contributed by atoms with Crippen molar-refractivity contribution in [3.8, 4) is 6.07 Å². The second-order valence-corrected chi connectivity index (χ2v) is 8.63. The van der Waals surface area contributed by atoms with E-state index in [0.717, 1.165) is 5.56 Å². The number of hydrogen-bond acceptors (Lipinski definition) is 5. The van der Waals surface area contributed by atoms with E-state index in [1.165, 1.54) is 22.9 Å². The van der Waals surface area contributed by atoms with E-state index < -0.39 is 11.2 Å². The number of nitrogens with one attached hydrogen (secondary N) is 1. The average Bonchev–Trinajstić information content (AvgIpc) is 3.43. The molecule has 0 spiro atoms. The highest BCUT2D eigenvalue weighted by molar-refractivity contribution is 8.05. The van der Waals surface area contributed by atoms with Gasteiger partial charge in [0.15, 0.2) is 0 Å². The highest BCUT2D eigenvalue weighted by Gasteiger charge is 2.40. The van der Waals surface area contributed by atoms with Crippen LogP contribution in [-0.2, 0) is 22.6 Å². The number of para-hydroxylation sites is 1. The molecular weight excluding hydrogens is 446 g/mol. The maximum absolute atomic E-state index is 13.4. The Labute approximate surface area is 194 Å². The van der Waals surface area contributed by atoms with Crippen LogP contribution >= 0.6 is 23.4 Å². The summed E-state index contributed by atoms with van der Waals surface area (Å²) in [5, 5.41) is 13.0. The minimum atomic E-state index is -0.563. The number of furan rings is 1. The fourth-order valence-electron chi connectivity index (χ4n) is 3.30. The number of halogens is 1. The van der Waals surface area contributed by atoms with E-state index in [1.54, 1.807) is 48.5 Å². The molecule has 0 bridgehead atoms. The molecule has 1 aromatic heterocycles. The molecule has 0 aliphatic carbocycles. The van der Waals surface area contributed by atoms with E-state index in [2.05, 4.69) is 5.32 Å². The van der Waals surface area contributed by atoms with Gasteiger partial charge in [-0.15, -0.1) is 0 Å². The summed E-state index contributed by atoms with van der Waals surface area (Å²) in [4.78, 5) is 27.7. The minimum absolute atomic E-state index is 0.114. The lowest BCUT2D eigenvalue weighted by atomic mass is 10.1. The topological polar surface area (TPSA) is 86.3 Å². The van der Waals surface area contributed by atoms with Gasteiger partial charge in [0.2, 0.25) is 5.91 Å². The first-order valence-electron chi connectivity index (χ1n) is 9.82. The molecule has 1 atom stereocenters. The first kappa shape index (κ1) is 21.8. The second-order valence-electron chi connectivity index (χ2n) is 7.00. The van der Waals surface area contributed by atoms with Gasteiger partial charge in [0.1, 0.15) is 22.4 Å². The number of nitrogens with zero attached hydrogens (tertiary/aromatic N) is 2. The van der Waals surface area contributed by atoms with Gasteiger partial charge >= 0.3 is 0 Å². The van der Waals surface area contributed by atoms with Gasteiger partial charge in [0.05, 0.1) is 18.1 Å². The molecule has 6 nitrogen and oxygen atoms in total. The van der Waals surface area contributed by atoms with Crippen molar-refractivity contribution in [3.63, 3.8) is 0 Å². The van der Waals surface area contributed by atoms with Crippen molar-refractivity contribution < 1.29 is 14.0 Å². The molecule has 160 valence electrons. The van der Waals surface area contributed by atoms with E-state index in [9.17, 15) is 14.9 Å². The maximum atomic E-state index is 13.4. The largest absolute Gasteiger partial charge is 0.467 e. The first-order valence-corrected chi connectivity index (χ1v) is 11.1. The number of anilines is 1. The van der Waals surface area contributed by atoms with E-state index in [0.29, 0.717) is 27.9 Å². The Bertz CT molecular complexity index is 1190. The normalized spacial score (nSPS) is 17.2. The Morgan fingerprint density at radius 1 is 1.12 bits per heavy atom. The molecule has 1 aliphatic heterocycles. The third-order valence-corrected chi connectivity index (χ3v) is 6.37. The summed E-state index contributed by atoms with van der Waals surface area (Å²) >= 11 is 7.19. The van der Waals surface area contributed by atoms with E-state index in [-0.39, 0.29) is 18.0 Å². The van der Waals surface area contributed by atoms with E-state index in [1.807, 2.05) is 24.3 Å². The van der Waals surface area contributed by atoms with Gasteiger partial charge in [-0.2, -0.15) is 5.26 Å². The van der Waals surface area contributed by atoms with Crippen LogP contribution in [0.2, 0.25) is 5.02 Å². The molecule has 2 aromatic carbocycles. The summed E-state index contributed by atoms with van der Waals surface area (Å²) in [5.74, 6) is -0.179. The third kappa shape index (κ3) is 4.72. The molecule has 4 rings (SSSR count). The van der Waals surface area contributed by atoms with Crippen LogP contribution in [0.4, 0.5) is 5.69 Å². The molecule has 1 N–H and O–H groups in total. The molecular formula is C24H18ClN3O3S. The highest BCUT2D eigenvalue weighted by atomic mass is 35.5. The molecule has 0 radical (unpaired) electrons. The standard InChI is InChI=1S/C24H18ClN3O3S/c25-17-10-8-16(9-11-17)13-21-23(30)28(18-5-2-1-3-6-18)24(32-21)20(14-26)22(29)27-15-19-7-4-12-31-19/h1-12,21H,13,15H2,(H,27,29)/b24-20+/t21-/m0/s1. The second kappa shape index (κ2) is 9.77. The third-order valence-electron chi connectivity index (χ3n) is 4.86. The zero-order valence-electron chi connectivity index (χ0n) is 16.8. The summed E-state index contributed by atoms with van der Waals surface area (Å²) in [6.07, 6.45) is 1.95. The fraction of sp³-hybridized carbons (Fsp3) is 0.125. The van der Waals surface area contributed by atoms with Crippen molar-refractivity contribution in [1.82, 2.24) is 5.32 Å². The number of nitriles is 1. The SMILES string of the molecule is N#C/C(C(=O)NCc1ccco1)=C1\S[C@@H](Cc2ccc(Cl)cc2)C(=O)N1c1ccccc1. The van der Waals surface area contributed by atoms with Crippen molar-refractivity contribution in [1.29, 1.82) is 5.26 Å². The predicted octanol–water partition coefficient (Wildman–Crippen LogP) is 4.68. The van der Waals surface area contributed by atoms with Crippen molar-refractivity contribution in [3.05, 3.63) is 99.9 Å². The van der Waals surface area contributed by atoms with Crippen molar-refractivity contribution in [2.75, 3.05) is 4.90 Å². The molecule has 2 amide bonds. The molecule has 0 unspecified atom stereocenters. The highest BCUT2D eigenvalue weighted by Crippen LogP contribution is 2.41. The predicted molar refractivity (Wildman–Crippen MR) is 124 cm³/mol. The molecule has 1 aliphatic rings. The van der Waals surface area contributed by atoms with E-state index >= 15 is 0 Å². The van der Waals surface area contributed by atoms with Gasteiger partial charge in [-0.05, 0) is 48.4 Å². The number of carbonyl (C=O) groups is 2. The summed E-state index contributed by atoms with van der Waals surface area (Å²) in [5.41, 5.74) is 1.43. The molecule has 32 heavy (non-hydrogen) atoms. The van der Waals surface area contributed by atoms with Crippen LogP contribution in [0, 0.1) is 11.3 Å². The molecule has 0 saturated carbocycles. The van der Waals surface area contributed by atoms with Crippen LogP contribution < -0.4 is 10.2 Å². The average molecular weight is 464 g/mol. The Morgan fingerprint density at radius 2 is 1.88 bits per heavy atom. The van der Waals surface area contributed by atoms with Gasteiger partial charge in [-0.3, -0.25) is 14.5 Å². The van der Waals surface area contributed by atoms with Gasteiger partial charge in [0.25, 0.3) is 5.91 Å². The number of benzene rings is 2. The fourth-order valence-corrected chi connectivity index (χ4v) is 4.74. The lowest BCUT2D eigenvalue weighted by Gasteiger charge is -2.18. The molecule has 2 heterocycles. The van der Waals surface area contributed by atoms with Crippen LogP contribution in [0.15, 0.2) is 88.0 Å². The van der Waals surface area contributed by atoms with Crippen LogP contribution in [0.5, 0.6) is 0 Å². The quantitative estimate of drug-likeness (QED) is 0.424. The molecule has 8 heteroatoms. The Balaban J connectivity index is 1.66. The smallest absolute Gasteiger partial charge is 0.265 e. The summed E-state index contributed by atoms with van der Waals surface area (Å²) in [7, 11) is 0. The van der Waals surface area contributed by atoms with Crippen LogP contribution in [0.3, 0.4) is 0 Å². The van der Waals surface area contributed by atoms with Crippen molar-refractivity contribution >= 4 is 40.9 Å². The summed E-state index contributed by atoms with van der Waals surface area (Å²) in [6, 6.07) is 21.7. The maximum Gasteiger partial charge on any atom is 0.265 e. The zero-order chi connectivity index (χ0) is 22.5. The molecule has 1 saturated heterocycles. The Kier molecular flexibility index (Phi) is 6.64. The van der Waals surface area contributed by atoms with Crippen LogP contribution in [-0.4, -0.2) is 17.1 Å². The molecule has 1 fully saturated rings. The summed E-state index contributed by atoms with van der Waals surface area (Å²) in [6.45, 7) is 0.141. The van der Waals surface area contributed by atoms with E-state index in [4.69, 9.17) is 16.0 Å². The number of hydrogen-bond donors (Lipinski definition) is 1. The number of carbonyl (C=O) groups excluding carboxylic acids is 2. The van der Waals surface area contributed by atoms with Crippen LogP contribution in [0.1, 0.15) is 11.3 Å².